The number of pyridine rings is 2. The molecule has 0 saturated carbocycles. The number of ether oxygens (including phenoxy) is 2. The van der Waals surface area contributed by atoms with Crippen molar-refractivity contribution in [3.05, 3.63) is 227 Å². The van der Waals surface area contributed by atoms with Gasteiger partial charge in [-0.3, -0.25) is 0 Å². The summed E-state index contributed by atoms with van der Waals surface area (Å²) in [5, 5.41) is 11.5. The maximum absolute atomic E-state index is 6.24. The van der Waals surface area contributed by atoms with Crippen LogP contribution in [0.5, 0.6) is 11.5 Å². The molecule has 10 rings (SSSR count). The van der Waals surface area contributed by atoms with E-state index in [1.165, 1.54) is 11.1 Å². The Morgan fingerprint density at radius 1 is 0.582 bits per heavy atom. The second kappa shape index (κ2) is 25.8. The smallest absolute Gasteiger partial charge is 0.170 e. The number of hydrogen-bond donors (Lipinski definition) is 0. The molecule has 0 fully saturated rings. The van der Waals surface area contributed by atoms with Crippen molar-refractivity contribution < 1.29 is 51.6 Å². The van der Waals surface area contributed by atoms with Gasteiger partial charge in [0, 0.05) is 72.0 Å². The van der Waals surface area contributed by atoms with E-state index in [0.717, 1.165) is 90.9 Å². The van der Waals surface area contributed by atoms with E-state index in [1.807, 2.05) is 123 Å². The fourth-order valence-electron chi connectivity index (χ4n) is 9.30. The average molecular weight is 1410 g/mol. The molecule has 1 unspecified atom stereocenters. The molecular weight excluding hydrogens is 1340 g/mol. The summed E-state index contributed by atoms with van der Waals surface area (Å²) >= 11 is 0. The Kier molecular flexibility index (Phi) is 19.4. The quantitative estimate of drug-likeness (QED) is 0.0351. The minimum atomic E-state index is 0. The number of quaternary nitrogens is 1. The number of benzene rings is 6. The van der Waals surface area contributed by atoms with Crippen LogP contribution in [-0.2, 0) is 53.0 Å². The number of anilines is 5. The zero-order valence-electron chi connectivity index (χ0n) is 46.7. The summed E-state index contributed by atoms with van der Waals surface area (Å²) in [6.45, 7) is 26.3. The molecule has 79 heavy (non-hydrogen) atoms. The van der Waals surface area contributed by atoms with Crippen LogP contribution >= 0.6 is 0 Å². The summed E-state index contributed by atoms with van der Waals surface area (Å²) in [6, 6.07) is 55.4. The maximum Gasteiger partial charge on any atom is 0.170 e. The molecule has 0 spiro atoms. The molecule has 0 N–H and O–H groups in total. The van der Waals surface area contributed by atoms with Crippen LogP contribution in [0.25, 0.3) is 10.6 Å². The van der Waals surface area contributed by atoms with Gasteiger partial charge in [-0.25, -0.2) is 9.97 Å². The van der Waals surface area contributed by atoms with Gasteiger partial charge < -0.3 is 49.5 Å². The minimum Gasteiger partial charge on any atom is -0.490 e. The van der Waals surface area contributed by atoms with E-state index in [-0.39, 0.29) is 53.0 Å². The van der Waals surface area contributed by atoms with Crippen LogP contribution in [-0.4, -0.2) is 42.9 Å². The molecule has 6 aromatic carbocycles. The molecule has 2 aliphatic heterocycles. The van der Waals surface area contributed by atoms with Gasteiger partial charge in [0.2, 0.25) is 0 Å². The number of para-hydroxylation sites is 2. The third-order valence-corrected chi connectivity index (χ3v) is 13.3. The average Bonchev–Trinajstić information content (AvgIpc) is 4.00. The molecule has 0 bridgehead atoms. The van der Waals surface area contributed by atoms with E-state index < -0.39 is 0 Å². The number of fused-ring (bicyclic) bond motifs is 2. The van der Waals surface area contributed by atoms with Crippen molar-refractivity contribution in [3.8, 4) is 11.5 Å². The molecule has 8 aromatic rings. The number of aromatic nitrogens is 2. The van der Waals surface area contributed by atoms with Gasteiger partial charge in [-0.15, -0.1) is 11.8 Å². The molecule has 14 heteroatoms. The Morgan fingerprint density at radius 3 is 1.52 bits per heavy atom. The first-order chi connectivity index (χ1) is 37.0. The Hall–Kier alpha value is -7.10. The molecule has 1 atom stereocenters. The zero-order chi connectivity index (χ0) is 54.3. The van der Waals surface area contributed by atoms with Gasteiger partial charge in [0.25, 0.3) is 0 Å². The topological polar surface area (TPSA) is 107 Å². The molecule has 414 valence electrons. The molecule has 0 aliphatic carbocycles. The monoisotopic (exact) mass is 1410 g/mol. The summed E-state index contributed by atoms with van der Waals surface area (Å²) in [6.07, 6.45) is 6.83. The molecule has 0 amide bonds. The molecule has 0 saturated heterocycles. The third kappa shape index (κ3) is 14.0. The van der Waals surface area contributed by atoms with E-state index in [2.05, 4.69) is 177 Å². The molecular formula is C65H67N10O2Pt2-5. The predicted octanol–water partition coefficient (Wildman–Crippen LogP) is 16.7. The van der Waals surface area contributed by atoms with Gasteiger partial charge in [-0.1, -0.05) is 150 Å². The van der Waals surface area contributed by atoms with Crippen LogP contribution in [0.15, 0.2) is 168 Å². The van der Waals surface area contributed by atoms with E-state index in [1.54, 1.807) is 12.7 Å². The van der Waals surface area contributed by atoms with Crippen LogP contribution in [0.1, 0.15) is 74.9 Å². The third-order valence-electron chi connectivity index (χ3n) is 13.3. The van der Waals surface area contributed by atoms with Gasteiger partial charge in [0.1, 0.15) is 30.5 Å². The Bertz CT molecular complexity index is 3240. The fraction of sp³-hybridized carbons (Fsp3) is 0.231. The molecule has 2 aromatic heterocycles. The van der Waals surface area contributed by atoms with Crippen molar-refractivity contribution in [1.29, 1.82) is 0 Å². The maximum atomic E-state index is 6.24. The molecule has 2 aliphatic rings. The molecule has 0 radical (unpaired) electrons. The van der Waals surface area contributed by atoms with Crippen molar-refractivity contribution >= 4 is 69.8 Å². The van der Waals surface area contributed by atoms with Gasteiger partial charge in [0.15, 0.2) is 11.5 Å². The van der Waals surface area contributed by atoms with Crippen molar-refractivity contribution in [1.82, 2.24) is 14.6 Å². The normalized spacial score (nSPS) is 14.7. The summed E-state index contributed by atoms with van der Waals surface area (Å²) in [5.41, 5.74) is 14.1. The second-order valence-electron chi connectivity index (χ2n) is 21.4. The van der Waals surface area contributed by atoms with E-state index in [9.17, 15) is 0 Å². The van der Waals surface area contributed by atoms with Gasteiger partial charge in [0.05, 0.1) is 12.7 Å². The summed E-state index contributed by atoms with van der Waals surface area (Å²) in [4.78, 5) is 22.6. The molecule has 12 nitrogen and oxygen atoms in total. The van der Waals surface area contributed by atoms with Crippen LogP contribution < -0.4 is 28.9 Å². The summed E-state index contributed by atoms with van der Waals surface area (Å²) in [5.74, 6) is 3.20. The van der Waals surface area contributed by atoms with Gasteiger partial charge in [-0.05, 0) is 97.0 Å². The first kappa shape index (κ1) is 59.6. The Balaban J connectivity index is 0.000000237. The first-order valence-corrected chi connectivity index (χ1v) is 25.9. The van der Waals surface area contributed by atoms with Crippen molar-refractivity contribution in [2.24, 2.45) is 9.98 Å². The number of rotatable bonds is 14. The van der Waals surface area contributed by atoms with Crippen LogP contribution in [0.2, 0.25) is 0 Å². The second-order valence-corrected chi connectivity index (χ2v) is 21.4. The van der Waals surface area contributed by atoms with E-state index in [4.69, 9.17) is 14.5 Å². The zero-order valence-corrected chi connectivity index (χ0v) is 51.2. The van der Waals surface area contributed by atoms with Crippen LogP contribution in [0.3, 0.4) is 0 Å². The van der Waals surface area contributed by atoms with Gasteiger partial charge in [-0.2, -0.15) is 54.6 Å². The van der Waals surface area contributed by atoms with Crippen molar-refractivity contribution in [3.63, 3.8) is 0 Å². The predicted molar refractivity (Wildman–Crippen MR) is 318 cm³/mol. The van der Waals surface area contributed by atoms with Crippen LogP contribution in [0.4, 0.5) is 57.1 Å². The standard InChI is InChI=1S/C40H48N4O2.C25H19N6.2Pt/c1-27-21-29(3)37(35(23-27)43-25-41-33-15-11-31(12-16-33)39(5,6)7)45-19-20-46-38-30(4)22-28(2)24-36(38)44-26-42-34-17-13-32(14-18-34)40(8,9)10;1-31(19-29(21-12-6-3-7-13-21)25-23(31)15-9-17-27-25)30-18-28(20-10-4-2-5-11-20)24-22(30)14-8-16-26-24;;/h11-18,21-26H,19-20H2,1-10H3;2-10,12,14-19H,1H3;;/q-2;-3;;. The van der Waals surface area contributed by atoms with Crippen molar-refractivity contribution in [2.75, 3.05) is 35.1 Å². The largest absolute Gasteiger partial charge is 0.490 e. The summed E-state index contributed by atoms with van der Waals surface area (Å²) < 4.78 is 12.9. The van der Waals surface area contributed by atoms with Gasteiger partial charge >= 0.3 is 0 Å². The summed E-state index contributed by atoms with van der Waals surface area (Å²) in [7, 11) is 2.15. The van der Waals surface area contributed by atoms with E-state index >= 15 is 0 Å². The Labute approximate surface area is 496 Å². The molecule has 4 heterocycles. The van der Waals surface area contributed by atoms with E-state index in [0.29, 0.717) is 17.8 Å². The van der Waals surface area contributed by atoms with Crippen LogP contribution in [0, 0.1) is 53.2 Å². The minimum absolute atomic E-state index is 0. The number of hydrogen-bond acceptors (Lipinski definition) is 9. The number of aryl methyl sites for hydroxylation is 4. The Morgan fingerprint density at radius 2 is 1.05 bits per heavy atom. The number of nitrogens with zero attached hydrogens (tertiary/aromatic N) is 10. The first-order valence-electron chi connectivity index (χ1n) is 25.9. The number of aliphatic imine (C=N–C) groups is 2. The SMILES string of the molecule is C[N+]1(N2[CH-]N(c3[c-]cccc3)c3ncccc32)[CH-]N(c2[c-]cccc2)c2ncccc21.Cc1cc(C)c(OCCOc2c(C)cc(C)cc2[N-]C=Nc2ccc(C(C)(C)C)cc2)c([N-]C=Nc2ccc(C(C)(C)C)cc2)c1.[Pt].[Pt]. The fourth-order valence-corrected chi connectivity index (χ4v) is 9.30. The van der Waals surface area contributed by atoms with Crippen molar-refractivity contribution in [2.45, 2.75) is 80.1 Å².